The van der Waals surface area contributed by atoms with Gasteiger partial charge < -0.3 is 15.7 Å². The van der Waals surface area contributed by atoms with E-state index in [-0.39, 0.29) is 35.0 Å². The van der Waals surface area contributed by atoms with Gasteiger partial charge in [-0.15, -0.1) is 0 Å². The number of allylic oxidation sites excluding steroid dienone is 1. The van der Waals surface area contributed by atoms with Crippen LogP contribution in [0.3, 0.4) is 0 Å². The second-order valence-electron chi connectivity index (χ2n) is 3.09. The molecule has 18 heavy (non-hydrogen) atoms. The number of rotatable bonds is 2. The molecule has 1 aliphatic rings. The predicted molar refractivity (Wildman–Crippen MR) is 62.4 cm³/mol. The average Bonchev–Trinajstić information content (AvgIpc) is 2.05. The summed E-state index contributed by atoms with van der Waals surface area (Å²) >= 11 is 0. The van der Waals surface area contributed by atoms with Crippen LogP contribution < -0.4 is 0 Å². The summed E-state index contributed by atoms with van der Waals surface area (Å²) in [5, 5.41) is 16.1. The van der Waals surface area contributed by atoms with Gasteiger partial charge in [0, 0.05) is 0 Å². The summed E-state index contributed by atoms with van der Waals surface area (Å²) in [4.78, 5) is -3.23. The van der Waals surface area contributed by atoms with Crippen molar-refractivity contribution in [1.82, 2.24) is 0 Å². The molecular formula is C6H11NaO9S2. The molecule has 2 atom stereocenters. The van der Waals surface area contributed by atoms with Crippen LogP contribution in [0.25, 0.3) is 0 Å². The Morgan fingerprint density at radius 1 is 1.17 bits per heavy atom. The normalized spacial score (nSPS) is 27.7. The summed E-state index contributed by atoms with van der Waals surface area (Å²) in [5.74, 6) is -0.670. The fourth-order valence-electron chi connectivity index (χ4n) is 1.16. The van der Waals surface area contributed by atoms with Gasteiger partial charge in [-0.2, -0.15) is 16.8 Å². The van der Waals surface area contributed by atoms with Gasteiger partial charge in [-0.05, 0) is 18.2 Å². The van der Waals surface area contributed by atoms with Crippen molar-refractivity contribution in [3.05, 3.63) is 24.0 Å². The van der Waals surface area contributed by atoms with Crippen LogP contribution in [0.1, 0.15) is 0 Å². The van der Waals surface area contributed by atoms with E-state index in [1.165, 1.54) is 0 Å². The van der Waals surface area contributed by atoms with E-state index in [0.717, 1.165) is 0 Å². The molecule has 102 valence electrons. The molecule has 0 fully saturated rings. The van der Waals surface area contributed by atoms with Crippen LogP contribution in [0.2, 0.25) is 0 Å². The Morgan fingerprint density at radius 3 is 1.94 bits per heavy atom. The summed E-state index contributed by atoms with van der Waals surface area (Å²) < 4.78 is 60.7. The van der Waals surface area contributed by atoms with Crippen molar-refractivity contribution in [3.8, 4) is 0 Å². The summed E-state index contributed by atoms with van der Waals surface area (Å²) in [6.45, 7) is 0. The molecule has 0 saturated heterocycles. The molecule has 0 heterocycles. The van der Waals surface area contributed by atoms with E-state index in [1.807, 2.05) is 0 Å². The molecule has 0 radical (unpaired) electrons. The van der Waals surface area contributed by atoms with E-state index < -0.39 is 36.2 Å². The number of hydrogen-bond acceptors (Lipinski definition) is 6. The van der Waals surface area contributed by atoms with E-state index in [2.05, 4.69) is 0 Å². The summed E-state index contributed by atoms with van der Waals surface area (Å²) in [5.41, 5.74) is 0. The first-order chi connectivity index (χ1) is 6.98. The number of hydrogen-bond donors (Lipinski definition) is 4. The Balaban J connectivity index is 0. The van der Waals surface area contributed by atoms with E-state index in [1.54, 1.807) is 0 Å². The molecule has 2 unspecified atom stereocenters. The van der Waals surface area contributed by atoms with E-state index in [4.69, 9.17) is 14.2 Å². The Hall–Kier alpha value is 0.0200. The predicted octanol–water partition coefficient (Wildman–Crippen LogP) is -2.64. The molecular weight excluding hydrogens is 303 g/mol. The summed E-state index contributed by atoms with van der Waals surface area (Å²) in [6, 6.07) is 0. The molecule has 1 rings (SSSR count). The SMILES string of the molecule is O.O=S(=O)(O)C1C=C(O)C=CC1(O)S(=O)(=O)O.[NaH]. The van der Waals surface area contributed by atoms with Crippen molar-refractivity contribution in [2.24, 2.45) is 0 Å². The minimum atomic E-state index is -5.21. The van der Waals surface area contributed by atoms with Gasteiger partial charge in [0.1, 0.15) is 5.76 Å². The van der Waals surface area contributed by atoms with Crippen molar-refractivity contribution in [2.45, 2.75) is 10.2 Å². The third-order valence-corrected chi connectivity index (χ3v) is 4.46. The molecule has 0 aromatic heterocycles. The first-order valence-electron chi connectivity index (χ1n) is 3.74. The standard InChI is InChI=1S/C6H8O8S2.Na.H2O.H/c7-4-1-2-6(8,16(12,13)14)5(3-4)15(9,10)11;;;/h1-3,5,7-8H,(H,9,10,11)(H,12,13,14);;1H2;. The zero-order chi connectivity index (χ0) is 12.8. The Morgan fingerprint density at radius 2 is 1.61 bits per heavy atom. The zero-order valence-corrected chi connectivity index (χ0v) is 9.68. The molecule has 0 amide bonds. The Kier molecular flexibility index (Phi) is 6.76. The van der Waals surface area contributed by atoms with Gasteiger partial charge >= 0.3 is 39.7 Å². The van der Waals surface area contributed by atoms with Crippen molar-refractivity contribution in [3.63, 3.8) is 0 Å². The van der Waals surface area contributed by atoms with Crippen LogP contribution in [0.15, 0.2) is 24.0 Å². The van der Waals surface area contributed by atoms with Crippen molar-refractivity contribution >= 4 is 49.8 Å². The van der Waals surface area contributed by atoms with Gasteiger partial charge in [-0.1, -0.05) is 0 Å². The molecule has 1 aliphatic carbocycles. The van der Waals surface area contributed by atoms with Crippen LogP contribution in [0, 0.1) is 0 Å². The van der Waals surface area contributed by atoms with Gasteiger partial charge in [0.2, 0.25) is 4.93 Å². The molecule has 9 nitrogen and oxygen atoms in total. The third-order valence-electron chi connectivity index (χ3n) is 1.96. The molecule has 0 aromatic carbocycles. The quantitative estimate of drug-likeness (QED) is 0.315. The molecule has 0 saturated carbocycles. The molecule has 6 N–H and O–H groups in total. The Labute approximate surface area is 125 Å². The maximum atomic E-state index is 10.8. The maximum absolute atomic E-state index is 10.8. The second kappa shape index (κ2) is 5.98. The van der Waals surface area contributed by atoms with Crippen molar-refractivity contribution in [1.29, 1.82) is 0 Å². The first-order valence-corrected chi connectivity index (χ1v) is 6.68. The topological polar surface area (TPSA) is 181 Å². The third kappa shape index (κ3) is 3.76. The minimum absolute atomic E-state index is 0. The van der Waals surface area contributed by atoms with E-state index in [0.29, 0.717) is 18.2 Å². The number of aliphatic hydroxyl groups excluding tert-OH is 1. The van der Waals surface area contributed by atoms with Crippen LogP contribution in [-0.2, 0) is 20.2 Å². The zero-order valence-electron chi connectivity index (χ0n) is 8.05. The first kappa shape index (κ1) is 20.3. The van der Waals surface area contributed by atoms with Gasteiger partial charge in [0.25, 0.3) is 10.1 Å². The van der Waals surface area contributed by atoms with Crippen molar-refractivity contribution < 1.29 is 41.6 Å². The van der Waals surface area contributed by atoms with E-state index >= 15 is 0 Å². The van der Waals surface area contributed by atoms with Crippen LogP contribution in [0.5, 0.6) is 0 Å². The monoisotopic (exact) mass is 314 g/mol. The van der Waals surface area contributed by atoms with Crippen LogP contribution >= 0.6 is 0 Å². The van der Waals surface area contributed by atoms with Crippen LogP contribution in [0.4, 0.5) is 0 Å². The Bertz CT molecular complexity index is 560. The summed E-state index contributed by atoms with van der Waals surface area (Å²) in [6.07, 6.45) is 1.43. The molecule has 0 bridgehead atoms. The fourth-order valence-corrected chi connectivity index (χ4v) is 3.31. The molecule has 0 spiro atoms. The average molecular weight is 314 g/mol. The summed E-state index contributed by atoms with van der Waals surface area (Å²) in [7, 11) is -10.2. The number of aliphatic hydroxyl groups is 2. The van der Waals surface area contributed by atoms with E-state index in [9.17, 15) is 21.9 Å². The van der Waals surface area contributed by atoms with Gasteiger partial charge in [0.15, 0.2) is 5.25 Å². The molecule has 0 aliphatic heterocycles. The van der Waals surface area contributed by atoms with Gasteiger partial charge in [-0.25, -0.2) is 0 Å². The van der Waals surface area contributed by atoms with Gasteiger partial charge in [-0.3, -0.25) is 9.11 Å². The van der Waals surface area contributed by atoms with Crippen molar-refractivity contribution in [2.75, 3.05) is 0 Å². The molecule has 0 aromatic rings. The van der Waals surface area contributed by atoms with Crippen LogP contribution in [-0.4, -0.2) is 81.4 Å². The second-order valence-corrected chi connectivity index (χ2v) is 6.23. The van der Waals surface area contributed by atoms with Gasteiger partial charge in [0.05, 0.1) is 0 Å². The fraction of sp³-hybridized carbons (Fsp3) is 0.333. The molecule has 12 heteroatoms.